The fourth-order valence-electron chi connectivity index (χ4n) is 5.74. The van der Waals surface area contributed by atoms with E-state index in [0.717, 1.165) is 51.3 Å². The number of halogens is 2. The van der Waals surface area contributed by atoms with Crippen LogP contribution in [0.25, 0.3) is 0 Å². The Kier molecular flexibility index (Phi) is 5.46. The van der Waals surface area contributed by atoms with E-state index in [0.29, 0.717) is 18.3 Å². The molecule has 4 aliphatic heterocycles. The highest BCUT2D eigenvalue weighted by atomic mass is 19.3. The van der Waals surface area contributed by atoms with E-state index in [9.17, 15) is 8.78 Å². The number of piperidine rings is 1. The van der Waals surface area contributed by atoms with E-state index in [1.807, 2.05) is 4.90 Å². The van der Waals surface area contributed by atoms with E-state index in [4.69, 9.17) is 5.73 Å². The molecule has 6 nitrogen and oxygen atoms in total. The van der Waals surface area contributed by atoms with Crippen LogP contribution < -0.4 is 5.73 Å². The first-order valence-corrected chi connectivity index (χ1v) is 11.4. The van der Waals surface area contributed by atoms with Gasteiger partial charge in [-0.1, -0.05) is 29.8 Å². The smallest absolute Gasteiger partial charge is 0.262 e. The highest BCUT2D eigenvalue weighted by Gasteiger charge is 2.49. The summed E-state index contributed by atoms with van der Waals surface area (Å²) in [6, 6.07) is 9.31. The molecule has 5 rings (SSSR count). The maximum atomic E-state index is 14.2. The van der Waals surface area contributed by atoms with Gasteiger partial charge in [0.2, 0.25) is 0 Å². The van der Waals surface area contributed by atoms with Gasteiger partial charge in [-0.3, -0.25) is 9.80 Å². The van der Waals surface area contributed by atoms with Crippen molar-refractivity contribution < 1.29 is 8.78 Å². The van der Waals surface area contributed by atoms with Gasteiger partial charge in [0, 0.05) is 50.7 Å². The summed E-state index contributed by atoms with van der Waals surface area (Å²) >= 11 is 0. The topological polar surface area (TPSA) is 60.5 Å². The molecular formula is C23H32F2N6. The van der Waals surface area contributed by atoms with Crippen LogP contribution in [0.15, 0.2) is 34.5 Å². The van der Waals surface area contributed by atoms with Crippen molar-refractivity contribution in [1.82, 2.24) is 14.7 Å². The van der Waals surface area contributed by atoms with Crippen molar-refractivity contribution in [3.63, 3.8) is 0 Å². The number of hydrogen-bond donors (Lipinski definition) is 1. The Morgan fingerprint density at radius 3 is 2.48 bits per heavy atom. The minimum atomic E-state index is -2.56. The van der Waals surface area contributed by atoms with Gasteiger partial charge in [0.05, 0.1) is 13.0 Å². The standard InChI is InChI=1S/C23H32F2N6/c1-16-2-4-17(5-3-16)10-19-13-30-15-23(24,25)12-20(30)14-31(19)18-6-8-29(9-7-18)22-11-21(26)27-28-22/h2-5,18-20H,6-15H2,1H3,(H2,26,27)/t19-,20-/m0/s1. The van der Waals surface area contributed by atoms with E-state index >= 15 is 0 Å². The van der Waals surface area contributed by atoms with Crippen LogP contribution in [0.4, 0.5) is 8.78 Å². The predicted octanol–water partition coefficient (Wildman–Crippen LogP) is 2.47. The number of benzene rings is 1. The molecule has 4 aliphatic rings. The number of hydrogen-bond acceptors (Lipinski definition) is 6. The molecule has 3 saturated heterocycles. The summed E-state index contributed by atoms with van der Waals surface area (Å²) in [5, 5.41) is 8.19. The number of amidine groups is 2. The molecule has 2 N–H and O–H groups in total. The summed E-state index contributed by atoms with van der Waals surface area (Å²) in [5.41, 5.74) is 8.32. The molecule has 0 amide bonds. The van der Waals surface area contributed by atoms with Crippen molar-refractivity contribution in [2.24, 2.45) is 15.9 Å². The van der Waals surface area contributed by atoms with Gasteiger partial charge in [-0.2, -0.15) is 0 Å². The second-order valence-electron chi connectivity index (χ2n) is 9.69. The molecule has 1 aromatic rings. The molecule has 0 aromatic heterocycles. The molecular weight excluding hydrogens is 398 g/mol. The van der Waals surface area contributed by atoms with Gasteiger partial charge in [-0.05, 0) is 31.7 Å². The van der Waals surface area contributed by atoms with Crippen LogP contribution in [0, 0.1) is 6.92 Å². The maximum Gasteiger partial charge on any atom is 0.262 e. The summed E-state index contributed by atoms with van der Waals surface area (Å²) in [6.45, 7) is 5.32. The van der Waals surface area contributed by atoms with Crippen molar-refractivity contribution in [3.05, 3.63) is 35.4 Å². The van der Waals surface area contributed by atoms with Crippen molar-refractivity contribution in [3.8, 4) is 0 Å². The van der Waals surface area contributed by atoms with E-state index in [1.54, 1.807) is 0 Å². The second-order valence-corrected chi connectivity index (χ2v) is 9.69. The van der Waals surface area contributed by atoms with E-state index in [-0.39, 0.29) is 25.0 Å². The molecule has 8 heteroatoms. The van der Waals surface area contributed by atoms with Crippen LogP contribution in [0.3, 0.4) is 0 Å². The second kappa shape index (κ2) is 8.13. The van der Waals surface area contributed by atoms with Gasteiger partial charge in [0.15, 0.2) is 0 Å². The van der Waals surface area contributed by atoms with E-state index in [1.165, 1.54) is 11.1 Å². The van der Waals surface area contributed by atoms with Crippen LogP contribution in [0.2, 0.25) is 0 Å². The molecule has 168 valence electrons. The summed E-state index contributed by atoms with van der Waals surface area (Å²) in [6.07, 6.45) is 3.58. The first-order chi connectivity index (χ1) is 14.9. The van der Waals surface area contributed by atoms with E-state index < -0.39 is 5.92 Å². The zero-order valence-electron chi connectivity index (χ0n) is 18.2. The Balaban J connectivity index is 1.29. The summed E-state index contributed by atoms with van der Waals surface area (Å²) < 4.78 is 28.3. The molecule has 0 unspecified atom stereocenters. The normalized spacial score (nSPS) is 29.7. The lowest BCUT2D eigenvalue weighted by Gasteiger charge is -2.49. The highest BCUT2D eigenvalue weighted by molar-refractivity contribution is 6.04. The number of nitrogens with two attached hydrogens (primary N) is 1. The van der Waals surface area contributed by atoms with Crippen LogP contribution >= 0.6 is 0 Å². The van der Waals surface area contributed by atoms with Gasteiger partial charge in [0.1, 0.15) is 11.7 Å². The minimum Gasteiger partial charge on any atom is -0.385 e. The average molecular weight is 431 g/mol. The summed E-state index contributed by atoms with van der Waals surface area (Å²) in [7, 11) is 0. The maximum absolute atomic E-state index is 14.2. The van der Waals surface area contributed by atoms with Crippen molar-refractivity contribution in [2.75, 3.05) is 32.7 Å². The molecule has 1 aromatic carbocycles. The van der Waals surface area contributed by atoms with Gasteiger partial charge in [-0.25, -0.2) is 8.78 Å². The van der Waals surface area contributed by atoms with Gasteiger partial charge < -0.3 is 10.6 Å². The van der Waals surface area contributed by atoms with Crippen LogP contribution in [-0.2, 0) is 6.42 Å². The molecule has 0 spiro atoms. The average Bonchev–Trinajstić information content (AvgIpc) is 3.30. The lowest BCUT2D eigenvalue weighted by atomic mass is 9.93. The first kappa shape index (κ1) is 20.8. The number of alkyl halides is 2. The minimum absolute atomic E-state index is 0.00693. The molecule has 2 atom stereocenters. The van der Waals surface area contributed by atoms with Crippen LogP contribution in [-0.4, -0.2) is 83.1 Å². The summed E-state index contributed by atoms with van der Waals surface area (Å²) in [5.74, 6) is -1.01. The number of fused-ring (bicyclic) bond motifs is 1. The highest BCUT2D eigenvalue weighted by Crippen LogP contribution is 2.37. The Bertz CT molecular complexity index is 859. The monoisotopic (exact) mass is 430 g/mol. The number of nitrogens with zero attached hydrogens (tertiary/aromatic N) is 5. The van der Waals surface area contributed by atoms with Crippen LogP contribution in [0.5, 0.6) is 0 Å². The number of aryl methyl sites for hydroxylation is 1. The Hall–Kier alpha value is -2.06. The third-order valence-electron chi connectivity index (χ3n) is 7.34. The lowest BCUT2D eigenvalue weighted by molar-refractivity contribution is -0.00286. The molecule has 31 heavy (non-hydrogen) atoms. The lowest BCUT2D eigenvalue weighted by Crippen LogP contribution is -2.61. The number of piperazine rings is 1. The Labute approximate surface area is 182 Å². The molecule has 0 aliphatic carbocycles. The SMILES string of the molecule is Cc1ccc(C[C@H]2CN3CC(F)(F)C[C@H]3CN2C2CCN(C3=NN=C(N)C3)CC2)cc1. The van der Waals surface area contributed by atoms with E-state index in [2.05, 4.69) is 51.2 Å². The van der Waals surface area contributed by atoms with Crippen molar-refractivity contribution >= 4 is 11.7 Å². The first-order valence-electron chi connectivity index (χ1n) is 11.4. The summed E-state index contributed by atoms with van der Waals surface area (Å²) in [4.78, 5) is 6.88. The molecule has 0 saturated carbocycles. The Morgan fingerprint density at radius 2 is 1.81 bits per heavy atom. The van der Waals surface area contributed by atoms with Gasteiger partial charge in [0.25, 0.3) is 5.92 Å². The number of rotatable bonds is 3. The third-order valence-corrected chi connectivity index (χ3v) is 7.34. The third kappa shape index (κ3) is 4.46. The molecule has 0 radical (unpaired) electrons. The predicted molar refractivity (Wildman–Crippen MR) is 119 cm³/mol. The zero-order valence-corrected chi connectivity index (χ0v) is 18.2. The molecule has 3 fully saturated rings. The number of likely N-dealkylation sites (tertiary alicyclic amines) is 1. The Morgan fingerprint density at radius 1 is 1.06 bits per heavy atom. The van der Waals surface area contributed by atoms with Crippen molar-refractivity contribution in [1.29, 1.82) is 0 Å². The fourth-order valence-corrected chi connectivity index (χ4v) is 5.74. The zero-order chi connectivity index (χ0) is 21.6. The van der Waals surface area contributed by atoms with Crippen LogP contribution in [0.1, 0.15) is 36.8 Å². The molecule has 4 heterocycles. The van der Waals surface area contributed by atoms with Crippen molar-refractivity contribution in [2.45, 2.75) is 63.1 Å². The van der Waals surface area contributed by atoms with Gasteiger partial charge in [-0.15, -0.1) is 10.2 Å². The fraction of sp³-hybridized carbons (Fsp3) is 0.652. The van der Waals surface area contributed by atoms with Gasteiger partial charge >= 0.3 is 0 Å². The largest absolute Gasteiger partial charge is 0.385 e. The molecule has 0 bridgehead atoms. The quantitative estimate of drug-likeness (QED) is 0.801.